The minimum Gasteiger partial charge on any atom is -0.489 e. The van der Waals surface area contributed by atoms with Crippen molar-refractivity contribution in [3.8, 4) is 11.6 Å². The predicted molar refractivity (Wildman–Crippen MR) is 148 cm³/mol. The Balaban J connectivity index is 0.00000308. The highest BCUT2D eigenvalue weighted by Crippen LogP contribution is 2.35. The first-order valence-electron chi connectivity index (χ1n) is 12.7. The summed E-state index contributed by atoms with van der Waals surface area (Å²) in [7, 11) is 0. The van der Waals surface area contributed by atoms with Crippen LogP contribution in [0.15, 0.2) is 36.5 Å². The van der Waals surface area contributed by atoms with Gasteiger partial charge in [-0.05, 0) is 19.1 Å². The van der Waals surface area contributed by atoms with Gasteiger partial charge in [0, 0.05) is 57.0 Å². The van der Waals surface area contributed by atoms with Crippen LogP contribution < -0.4 is 20.3 Å². The zero-order valence-corrected chi connectivity index (χ0v) is 22.3. The number of halogens is 2. The van der Waals surface area contributed by atoms with Crippen molar-refractivity contribution >= 4 is 35.9 Å². The van der Waals surface area contributed by atoms with Gasteiger partial charge in [-0.1, -0.05) is 12.2 Å². The minimum atomic E-state index is -0.828. The highest BCUT2D eigenvalue weighted by atomic mass is 35.5. The van der Waals surface area contributed by atoms with Crippen LogP contribution in [0, 0.1) is 12.7 Å². The molecule has 2 aromatic heterocycles. The summed E-state index contributed by atoms with van der Waals surface area (Å²) in [6.07, 6.45) is 4.29. The Labute approximate surface area is 231 Å². The summed E-state index contributed by atoms with van der Waals surface area (Å²) in [4.78, 5) is 15.0. The van der Waals surface area contributed by atoms with Crippen molar-refractivity contribution in [1.29, 1.82) is 0 Å². The first-order valence-corrected chi connectivity index (χ1v) is 12.7. The molecular formula is C26H32ClFN8O3. The smallest absolute Gasteiger partial charge is 0.224 e. The summed E-state index contributed by atoms with van der Waals surface area (Å²) in [6, 6.07) is 6.64. The van der Waals surface area contributed by atoms with E-state index in [1.807, 2.05) is 13.0 Å². The molecule has 11 nitrogen and oxygen atoms in total. The Morgan fingerprint density at radius 1 is 1.10 bits per heavy atom. The van der Waals surface area contributed by atoms with Crippen molar-refractivity contribution in [3.63, 3.8) is 0 Å². The molecule has 0 amide bonds. The molecule has 0 bridgehead atoms. The average Bonchev–Trinajstić information content (AvgIpc) is 3.44. The van der Waals surface area contributed by atoms with Gasteiger partial charge < -0.3 is 30.5 Å². The fourth-order valence-electron chi connectivity index (χ4n) is 5.38. The van der Waals surface area contributed by atoms with Crippen LogP contribution in [0.5, 0.6) is 5.75 Å². The zero-order valence-electron chi connectivity index (χ0n) is 21.5. The number of anilines is 3. The van der Waals surface area contributed by atoms with Gasteiger partial charge in [-0.15, -0.1) is 12.4 Å². The monoisotopic (exact) mass is 558 g/mol. The largest absolute Gasteiger partial charge is 0.489 e. The van der Waals surface area contributed by atoms with Gasteiger partial charge in [0.2, 0.25) is 5.95 Å². The summed E-state index contributed by atoms with van der Waals surface area (Å²) >= 11 is 0. The molecule has 2 saturated heterocycles. The molecule has 1 unspecified atom stereocenters. The van der Waals surface area contributed by atoms with Crippen LogP contribution in [0.3, 0.4) is 0 Å². The third-order valence-corrected chi connectivity index (χ3v) is 7.45. The Morgan fingerprint density at radius 2 is 1.87 bits per heavy atom. The number of aliphatic hydroxyl groups is 2. The van der Waals surface area contributed by atoms with Gasteiger partial charge in [0.05, 0.1) is 35.8 Å². The molecule has 0 saturated carbocycles. The Morgan fingerprint density at radius 3 is 2.67 bits per heavy atom. The van der Waals surface area contributed by atoms with Crippen molar-refractivity contribution in [3.05, 3.63) is 53.6 Å². The fourth-order valence-corrected chi connectivity index (χ4v) is 5.38. The molecule has 4 N–H and O–H groups in total. The number of rotatable bonds is 5. The normalized spacial score (nSPS) is 22.9. The van der Waals surface area contributed by atoms with Crippen LogP contribution in [0.4, 0.5) is 21.8 Å². The van der Waals surface area contributed by atoms with Crippen molar-refractivity contribution in [1.82, 2.24) is 24.6 Å². The molecule has 3 atom stereocenters. The molecule has 208 valence electrons. The molecule has 0 radical (unpaired) electrons. The molecule has 5 heterocycles. The molecular weight excluding hydrogens is 527 g/mol. The topological polar surface area (TPSA) is 129 Å². The second-order valence-electron chi connectivity index (χ2n) is 10.0. The number of hydrogen-bond donors (Lipinski definition) is 3. The van der Waals surface area contributed by atoms with E-state index in [0.29, 0.717) is 18.2 Å². The molecule has 3 aliphatic heterocycles. The van der Waals surface area contributed by atoms with Gasteiger partial charge in [0.25, 0.3) is 0 Å². The maximum atomic E-state index is 13.8. The number of nitrogen functional groups attached to an aromatic ring is 1. The number of piperazine rings is 1. The van der Waals surface area contributed by atoms with Crippen LogP contribution in [-0.4, -0.2) is 99.0 Å². The average molecular weight is 559 g/mol. The number of nitrogens with two attached hydrogens (primary N) is 1. The van der Waals surface area contributed by atoms with Gasteiger partial charge >= 0.3 is 0 Å². The van der Waals surface area contributed by atoms with Crippen LogP contribution in [0.1, 0.15) is 11.3 Å². The van der Waals surface area contributed by atoms with Crippen LogP contribution in [0.2, 0.25) is 0 Å². The quantitative estimate of drug-likeness (QED) is 0.421. The van der Waals surface area contributed by atoms with Crippen molar-refractivity contribution in [2.24, 2.45) is 0 Å². The lowest BCUT2D eigenvalue weighted by atomic mass is 10.1. The molecule has 3 aromatic rings. The van der Waals surface area contributed by atoms with E-state index >= 15 is 0 Å². The molecule has 0 spiro atoms. The van der Waals surface area contributed by atoms with E-state index in [1.165, 1.54) is 6.07 Å². The Kier molecular flexibility index (Phi) is 7.63. The van der Waals surface area contributed by atoms with E-state index in [0.717, 1.165) is 48.9 Å². The summed E-state index contributed by atoms with van der Waals surface area (Å²) in [5.41, 5.74) is 8.66. The van der Waals surface area contributed by atoms with Crippen LogP contribution in [-0.2, 0) is 0 Å². The zero-order chi connectivity index (χ0) is 26.4. The SMILES string of the molecule is Cc1c(C=CCN2CCN3c4cc(F)ccc4OCC3C2)cnn1-c1cc(N2C[C@H](O)[C@@H](O)C2)nc(N)n1.Cl. The molecule has 39 heavy (non-hydrogen) atoms. The highest BCUT2D eigenvalue weighted by Gasteiger charge is 2.33. The lowest BCUT2D eigenvalue weighted by Gasteiger charge is -2.45. The number of aromatic nitrogens is 4. The van der Waals surface area contributed by atoms with Gasteiger partial charge in [-0.25, -0.2) is 9.07 Å². The molecule has 0 aliphatic carbocycles. The number of fused-ring (bicyclic) bond motifs is 3. The number of aliphatic hydroxyl groups excluding tert-OH is 2. The lowest BCUT2D eigenvalue weighted by molar-refractivity contribution is 0.0572. The highest BCUT2D eigenvalue weighted by molar-refractivity contribution is 5.85. The third kappa shape index (κ3) is 5.37. The number of ether oxygens (including phenoxy) is 1. The summed E-state index contributed by atoms with van der Waals surface area (Å²) in [5, 5.41) is 24.3. The van der Waals surface area contributed by atoms with E-state index in [9.17, 15) is 14.6 Å². The maximum Gasteiger partial charge on any atom is 0.224 e. The summed E-state index contributed by atoms with van der Waals surface area (Å²) in [5.74, 6) is 1.65. The molecule has 3 aliphatic rings. The minimum absolute atomic E-state index is 0. The van der Waals surface area contributed by atoms with E-state index in [4.69, 9.17) is 10.5 Å². The van der Waals surface area contributed by atoms with E-state index in [-0.39, 0.29) is 43.3 Å². The number of benzene rings is 1. The predicted octanol–water partition coefficient (Wildman–Crippen LogP) is 1.25. The third-order valence-electron chi connectivity index (χ3n) is 7.45. The van der Waals surface area contributed by atoms with E-state index in [1.54, 1.807) is 34.0 Å². The molecule has 2 fully saturated rings. The fraction of sp³-hybridized carbons (Fsp3) is 0.423. The number of hydrogen-bond acceptors (Lipinski definition) is 10. The second kappa shape index (κ2) is 11.0. The van der Waals surface area contributed by atoms with Crippen LogP contribution >= 0.6 is 12.4 Å². The first-order chi connectivity index (χ1) is 18.4. The van der Waals surface area contributed by atoms with Crippen molar-refractivity contribution < 1.29 is 19.3 Å². The Bertz CT molecular complexity index is 1360. The first kappa shape index (κ1) is 27.1. The number of β-amino-alcohol motifs (C(OH)–C–C–N with tert-alkyl or cyclic N) is 2. The molecule has 1 aromatic carbocycles. The second-order valence-corrected chi connectivity index (χ2v) is 10.0. The van der Waals surface area contributed by atoms with Gasteiger partial charge in [0.15, 0.2) is 5.82 Å². The maximum absolute atomic E-state index is 13.8. The molecule has 13 heteroatoms. The summed E-state index contributed by atoms with van der Waals surface area (Å²) < 4.78 is 21.4. The van der Waals surface area contributed by atoms with E-state index in [2.05, 4.69) is 30.9 Å². The Hall–Kier alpha value is -3.45. The number of nitrogens with zero attached hydrogens (tertiary/aromatic N) is 7. The van der Waals surface area contributed by atoms with Gasteiger partial charge in [0.1, 0.15) is 24.0 Å². The van der Waals surface area contributed by atoms with Crippen LogP contribution in [0.25, 0.3) is 11.9 Å². The van der Waals surface area contributed by atoms with Gasteiger partial charge in [-0.2, -0.15) is 15.1 Å². The lowest BCUT2D eigenvalue weighted by Crippen LogP contribution is -2.57. The standard InChI is InChI=1S/C26H31FN8O3.ClH/c1-16-17(11-29-35(16)25-10-24(30-26(28)31-25)33-13-21(36)22(37)14-33)3-2-6-32-7-8-34-19(12-32)15-38-23-5-4-18(27)9-20(23)34;/h2-5,9-11,19,21-22,36-37H,6-8,12-15H2,1H3,(H2,28,30,31);1H/t19?,21-,22-;/m0./s1. The molecule has 6 rings (SSSR count). The van der Waals surface area contributed by atoms with Crippen molar-refractivity contribution in [2.45, 2.75) is 25.2 Å². The van der Waals surface area contributed by atoms with Crippen molar-refractivity contribution in [2.75, 3.05) is 61.4 Å². The summed E-state index contributed by atoms with van der Waals surface area (Å²) in [6.45, 7) is 6.39. The van der Waals surface area contributed by atoms with Gasteiger partial charge in [-0.3, -0.25) is 4.90 Å². The van der Waals surface area contributed by atoms with E-state index < -0.39 is 12.2 Å².